The van der Waals surface area contributed by atoms with Crippen LogP contribution in [0.1, 0.15) is 37.5 Å². The van der Waals surface area contributed by atoms with Crippen molar-refractivity contribution in [2.75, 3.05) is 18.8 Å². The van der Waals surface area contributed by atoms with Crippen molar-refractivity contribution in [3.05, 3.63) is 35.2 Å². The van der Waals surface area contributed by atoms with Gasteiger partial charge in [-0.3, -0.25) is 4.79 Å². The van der Waals surface area contributed by atoms with Gasteiger partial charge in [-0.25, -0.2) is 8.42 Å². The number of carbonyl (C=O) groups excluding carboxylic acids is 1. The Morgan fingerprint density at radius 1 is 1.18 bits per heavy atom. The molecule has 9 heteroatoms. The average molecular weight is 422 g/mol. The van der Waals surface area contributed by atoms with Gasteiger partial charge >= 0.3 is 0 Å². The zero-order chi connectivity index (χ0) is 19.5. The van der Waals surface area contributed by atoms with Crippen LogP contribution in [0.3, 0.4) is 0 Å². The summed E-state index contributed by atoms with van der Waals surface area (Å²) in [6.45, 7) is 0.460. The lowest BCUT2D eigenvalue weighted by Crippen LogP contribution is -2.68. The van der Waals surface area contributed by atoms with E-state index in [2.05, 4.69) is 10.1 Å². The highest BCUT2D eigenvalue weighted by molar-refractivity contribution is 7.93. The Morgan fingerprint density at radius 3 is 2.54 bits per heavy atom. The molecule has 3 aliphatic rings. The minimum atomic E-state index is -3.33. The Balaban J connectivity index is 1.40. The van der Waals surface area contributed by atoms with Crippen LogP contribution in [-0.4, -0.2) is 53.0 Å². The van der Waals surface area contributed by atoms with E-state index in [-0.39, 0.29) is 36.6 Å². The quantitative estimate of drug-likeness (QED) is 0.756. The summed E-state index contributed by atoms with van der Waals surface area (Å²) in [5, 5.41) is 4.64. The van der Waals surface area contributed by atoms with Crippen molar-refractivity contribution >= 4 is 27.3 Å². The summed E-state index contributed by atoms with van der Waals surface area (Å²) < 4.78 is 30.2. The highest BCUT2D eigenvalue weighted by Crippen LogP contribution is 2.50. The van der Waals surface area contributed by atoms with Gasteiger partial charge in [-0.15, -0.1) is 0 Å². The Kier molecular flexibility index (Phi) is 4.07. The topological polar surface area (TPSA) is 93.4 Å². The first-order valence-electron chi connectivity index (χ1n) is 9.50. The predicted octanol–water partition coefficient (Wildman–Crippen LogP) is 2.67. The molecule has 148 valence electrons. The van der Waals surface area contributed by atoms with Gasteiger partial charge in [0.1, 0.15) is 4.75 Å². The molecule has 0 N–H and O–H groups in total. The third kappa shape index (κ3) is 2.61. The fraction of sp³-hybridized carbons (Fsp3) is 0.526. The number of benzene rings is 1. The van der Waals surface area contributed by atoms with Crippen molar-refractivity contribution < 1.29 is 17.7 Å². The van der Waals surface area contributed by atoms with Gasteiger partial charge in [0.2, 0.25) is 17.6 Å². The van der Waals surface area contributed by atoms with Gasteiger partial charge in [-0.2, -0.15) is 4.98 Å². The van der Waals surface area contributed by atoms with Gasteiger partial charge in [-0.05, 0) is 43.5 Å². The van der Waals surface area contributed by atoms with Crippen LogP contribution in [-0.2, 0) is 14.6 Å². The zero-order valence-electron chi connectivity index (χ0n) is 15.2. The third-order valence-corrected chi connectivity index (χ3v) is 9.26. The van der Waals surface area contributed by atoms with E-state index in [1.165, 1.54) is 0 Å². The summed E-state index contributed by atoms with van der Waals surface area (Å²) in [6, 6.07) is 7.07. The average Bonchev–Trinajstić information content (AvgIpc) is 3.14. The Labute approximate surface area is 168 Å². The molecule has 3 heterocycles. The van der Waals surface area contributed by atoms with Crippen LogP contribution >= 0.6 is 11.6 Å². The summed E-state index contributed by atoms with van der Waals surface area (Å²) in [5.74, 6) is 0.609. The Bertz CT molecular complexity index is 1020. The number of hydrogen-bond acceptors (Lipinski definition) is 6. The van der Waals surface area contributed by atoms with Crippen LogP contribution in [0.5, 0.6) is 0 Å². The van der Waals surface area contributed by atoms with Crippen molar-refractivity contribution in [2.45, 2.75) is 36.3 Å². The van der Waals surface area contributed by atoms with E-state index in [1.54, 1.807) is 29.2 Å². The molecule has 5 rings (SSSR count). The van der Waals surface area contributed by atoms with E-state index in [1.807, 2.05) is 0 Å². The number of rotatable bonds is 3. The summed E-state index contributed by atoms with van der Waals surface area (Å²) in [7, 11) is -3.33. The lowest BCUT2D eigenvalue weighted by atomic mass is 9.79. The molecule has 1 spiro atoms. The normalized spacial score (nSPS) is 25.5. The van der Waals surface area contributed by atoms with Crippen molar-refractivity contribution in [1.29, 1.82) is 0 Å². The zero-order valence-corrected chi connectivity index (χ0v) is 16.7. The largest absolute Gasteiger partial charge is 0.339 e. The monoisotopic (exact) mass is 421 g/mol. The molecule has 1 aliphatic carbocycles. The van der Waals surface area contributed by atoms with Crippen LogP contribution in [0.15, 0.2) is 28.8 Å². The molecule has 2 aromatic rings. The summed E-state index contributed by atoms with van der Waals surface area (Å²) in [5.41, 5.74) is 0.754. The molecular weight excluding hydrogens is 402 g/mol. The SMILES string of the molecule is O=C(C1CCC1)N1CC2(C1)C(c1nc(-c3ccc(Cl)cc3)no1)CCS2(=O)=O. The molecule has 2 saturated heterocycles. The van der Waals surface area contributed by atoms with E-state index in [0.717, 1.165) is 24.8 Å². The lowest BCUT2D eigenvalue weighted by Gasteiger charge is -2.50. The minimum absolute atomic E-state index is 0.0693. The van der Waals surface area contributed by atoms with Crippen LogP contribution in [0, 0.1) is 5.92 Å². The molecule has 7 nitrogen and oxygen atoms in total. The molecular formula is C19H20ClN3O4S. The molecule has 0 radical (unpaired) electrons. The molecule has 28 heavy (non-hydrogen) atoms. The van der Waals surface area contributed by atoms with Gasteiger partial charge in [0.15, 0.2) is 9.84 Å². The number of amides is 1. The molecule has 1 aromatic carbocycles. The summed E-state index contributed by atoms with van der Waals surface area (Å²) in [6.07, 6.45) is 3.33. The third-order valence-electron chi connectivity index (χ3n) is 6.46. The van der Waals surface area contributed by atoms with Gasteiger partial charge < -0.3 is 9.42 Å². The predicted molar refractivity (Wildman–Crippen MR) is 103 cm³/mol. The number of halogens is 1. The molecule has 1 saturated carbocycles. The number of carbonyl (C=O) groups is 1. The Morgan fingerprint density at radius 2 is 1.89 bits per heavy atom. The maximum absolute atomic E-state index is 12.8. The molecule has 1 aromatic heterocycles. The highest BCUT2D eigenvalue weighted by Gasteiger charge is 2.64. The number of hydrogen-bond donors (Lipinski definition) is 0. The number of sulfone groups is 1. The van der Waals surface area contributed by atoms with Gasteiger partial charge in [0, 0.05) is 29.6 Å². The Hall–Kier alpha value is -1.93. The van der Waals surface area contributed by atoms with Crippen LogP contribution < -0.4 is 0 Å². The first-order chi connectivity index (χ1) is 13.4. The van der Waals surface area contributed by atoms with E-state index < -0.39 is 14.6 Å². The van der Waals surface area contributed by atoms with Crippen LogP contribution in [0.4, 0.5) is 0 Å². The van der Waals surface area contributed by atoms with E-state index in [4.69, 9.17) is 16.1 Å². The van der Waals surface area contributed by atoms with Gasteiger partial charge in [0.25, 0.3) is 0 Å². The fourth-order valence-electron chi connectivity index (χ4n) is 4.48. The van der Waals surface area contributed by atoms with E-state index in [0.29, 0.717) is 23.2 Å². The van der Waals surface area contributed by atoms with Crippen molar-refractivity contribution in [3.63, 3.8) is 0 Å². The molecule has 0 bridgehead atoms. The standard InChI is InChI=1S/C19H20ClN3O4S/c20-14-6-4-12(5-7-14)16-21-17(27-22-16)15-8-9-28(25,26)19(15)10-23(11-19)18(24)13-2-1-3-13/h4-7,13,15H,1-3,8-11H2. The van der Waals surface area contributed by atoms with Crippen molar-refractivity contribution in [1.82, 2.24) is 15.0 Å². The van der Waals surface area contributed by atoms with E-state index >= 15 is 0 Å². The number of nitrogens with zero attached hydrogens (tertiary/aromatic N) is 3. The highest BCUT2D eigenvalue weighted by atomic mass is 35.5. The first-order valence-corrected chi connectivity index (χ1v) is 11.5. The van der Waals surface area contributed by atoms with Crippen LogP contribution in [0.2, 0.25) is 5.02 Å². The minimum Gasteiger partial charge on any atom is -0.339 e. The molecule has 1 amide bonds. The summed E-state index contributed by atoms with van der Waals surface area (Å²) >= 11 is 5.92. The fourth-order valence-corrected chi connectivity index (χ4v) is 6.92. The maximum atomic E-state index is 12.8. The lowest BCUT2D eigenvalue weighted by molar-refractivity contribution is -0.144. The molecule has 3 fully saturated rings. The van der Waals surface area contributed by atoms with E-state index in [9.17, 15) is 13.2 Å². The number of likely N-dealkylation sites (tertiary alicyclic amines) is 1. The van der Waals surface area contributed by atoms with Crippen LogP contribution in [0.25, 0.3) is 11.4 Å². The second kappa shape index (κ2) is 6.29. The van der Waals surface area contributed by atoms with Crippen molar-refractivity contribution in [3.8, 4) is 11.4 Å². The van der Waals surface area contributed by atoms with Gasteiger partial charge in [0.05, 0.1) is 11.7 Å². The molecule has 1 atom stereocenters. The molecule has 1 unspecified atom stereocenters. The smallest absolute Gasteiger partial charge is 0.231 e. The second-order valence-electron chi connectivity index (χ2n) is 8.01. The summed E-state index contributed by atoms with van der Waals surface area (Å²) in [4.78, 5) is 18.7. The van der Waals surface area contributed by atoms with Crippen molar-refractivity contribution in [2.24, 2.45) is 5.92 Å². The first kappa shape index (κ1) is 18.1. The molecule has 2 aliphatic heterocycles. The number of aromatic nitrogens is 2. The second-order valence-corrected chi connectivity index (χ2v) is 10.9. The maximum Gasteiger partial charge on any atom is 0.231 e. The van der Waals surface area contributed by atoms with Gasteiger partial charge in [-0.1, -0.05) is 23.2 Å².